The molecule has 1 aliphatic heterocycles. The summed E-state index contributed by atoms with van der Waals surface area (Å²) in [7, 11) is 0. The van der Waals surface area contributed by atoms with Gasteiger partial charge in [-0.05, 0) is 29.3 Å². The Hall–Kier alpha value is -1.65. The fourth-order valence-electron chi connectivity index (χ4n) is 2.28. The molecule has 0 radical (unpaired) electrons. The van der Waals surface area contributed by atoms with E-state index in [4.69, 9.17) is 17.3 Å². The second-order valence-electron chi connectivity index (χ2n) is 4.59. The Bertz CT molecular complexity index is 675. The molecule has 1 aliphatic rings. The number of carbonyl (C=O) groups is 1. The average molecular weight is 305 g/mol. The average Bonchev–Trinajstić information content (AvgIpc) is 2.42. The third kappa shape index (κ3) is 2.49. The number of urea groups is 1. The molecule has 0 fully saturated rings. The van der Waals surface area contributed by atoms with E-state index in [1.54, 1.807) is 22.7 Å². The number of amides is 2. The Labute approximate surface area is 126 Å². The van der Waals surface area contributed by atoms with E-state index in [9.17, 15) is 4.79 Å². The molecule has 0 bridgehead atoms. The summed E-state index contributed by atoms with van der Waals surface area (Å²) in [5.41, 5.74) is 8.67. The van der Waals surface area contributed by atoms with Crippen LogP contribution in [-0.4, -0.2) is 6.03 Å². The SMILES string of the molecule is NC(=O)N1Cc2ccccc2CSc2ccc(Cl)cc21. The number of primary amides is 1. The molecule has 20 heavy (non-hydrogen) atoms. The van der Waals surface area contributed by atoms with E-state index in [2.05, 4.69) is 6.07 Å². The van der Waals surface area contributed by atoms with E-state index in [0.29, 0.717) is 11.6 Å². The molecule has 0 unspecified atom stereocenters. The lowest BCUT2D eigenvalue weighted by atomic mass is 10.1. The maximum atomic E-state index is 11.8. The molecule has 3 rings (SSSR count). The second-order valence-corrected chi connectivity index (χ2v) is 6.05. The molecule has 1 heterocycles. The van der Waals surface area contributed by atoms with Crippen LogP contribution in [0.15, 0.2) is 47.4 Å². The van der Waals surface area contributed by atoms with Gasteiger partial charge in [-0.3, -0.25) is 4.90 Å². The monoisotopic (exact) mass is 304 g/mol. The molecule has 0 spiro atoms. The number of hydrogen-bond acceptors (Lipinski definition) is 2. The first-order valence-corrected chi connectivity index (χ1v) is 7.57. The predicted octanol–water partition coefficient (Wildman–Crippen LogP) is 4.03. The van der Waals surface area contributed by atoms with E-state index in [1.807, 2.05) is 30.3 Å². The Kier molecular flexibility index (Phi) is 3.59. The van der Waals surface area contributed by atoms with Crippen molar-refractivity contribution in [1.29, 1.82) is 0 Å². The lowest BCUT2D eigenvalue weighted by molar-refractivity contribution is 0.253. The van der Waals surface area contributed by atoms with Gasteiger partial charge in [-0.2, -0.15) is 0 Å². The number of hydrogen-bond donors (Lipinski definition) is 1. The molecular formula is C15H13ClN2OS. The van der Waals surface area contributed by atoms with Gasteiger partial charge in [0.2, 0.25) is 0 Å². The lowest BCUT2D eigenvalue weighted by Crippen LogP contribution is -2.36. The van der Waals surface area contributed by atoms with E-state index < -0.39 is 6.03 Å². The molecule has 5 heteroatoms. The number of thioether (sulfide) groups is 1. The van der Waals surface area contributed by atoms with E-state index in [-0.39, 0.29) is 0 Å². The van der Waals surface area contributed by atoms with Crippen molar-refractivity contribution in [3.63, 3.8) is 0 Å². The second kappa shape index (κ2) is 5.38. The zero-order valence-electron chi connectivity index (χ0n) is 10.7. The first kappa shape index (κ1) is 13.3. The van der Waals surface area contributed by atoms with Crippen LogP contribution in [0.3, 0.4) is 0 Å². The van der Waals surface area contributed by atoms with Gasteiger partial charge in [-0.25, -0.2) is 4.79 Å². The largest absolute Gasteiger partial charge is 0.351 e. The Morgan fingerprint density at radius 1 is 1.20 bits per heavy atom. The quantitative estimate of drug-likeness (QED) is 0.798. The number of halogens is 1. The molecular weight excluding hydrogens is 292 g/mol. The number of nitrogens with zero attached hydrogens (tertiary/aromatic N) is 1. The summed E-state index contributed by atoms with van der Waals surface area (Å²) >= 11 is 7.74. The highest BCUT2D eigenvalue weighted by molar-refractivity contribution is 7.98. The number of anilines is 1. The van der Waals surface area contributed by atoms with Crippen LogP contribution in [0.2, 0.25) is 5.02 Å². The highest BCUT2D eigenvalue weighted by Crippen LogP contribution is 2.38. The Morgan fingerprint density at radius 2 is 1.95 bits per heavy atom. The molecule has 0 aromatic heterocycles. The van der Waals surface area contributed by atoms with Crippen molar-refractivity contribution in [2.75, 3.05) is 4.90 Å². The number of carbonyl (C=O) groups excluding carboxylic acids is 1. The predicted molar refractivity (Wildman–Crippen MR) is 83.2 cm³/mol. The highest BCUT2D eigenvalue weighted by Gasteiger charge is 2.21. The van der Waals surface area contributed by atoms with Crippen LogP contribution in [0.4, 0.5) is 10.5 Å². The maximum absolute atomic E-state index is 11.8. The van der Waals surface area contributed by atoms with Crippen molar-refractivity contribution in [3.05, 3.63) is 58.6 Å². The zero-order valence-corrected chi connectivity index (χ0v) is 12.2. The topological polar surface area (TPSA) is 46.3 Å². The fourth-order valence-corrected chi connectivity index (χ4v) is 3.52. The maximum Gasteiger partial charge on any atom is 0.319 e. The number of nitrogens with two attached hydrogens (primary N) is 1. The van der Waals surface area contributed by atoms with Crippen LogP contribution in [0.25, 0.3) is 0 Å². The summed E-state index contributed by atoms with van der Waals surface area (Å²) < 4.78 is 0. The Balaban J connectivity index is 2.11. The number of rotatable bonds is 0. The summed E-state index contributed by atoms with van der Waals surface area (Å²) in [6, 6.07) is 13.2. The lowest BCUT2D eigenvalue weighted by Gasteiger charge is -2.27. The molecule has 3 nitrogen and oxygen atoms in total. The van der Waals surface area contributed by atoms with Crippen molar-refractivity contribution >= 4 is 35.1 Å². The molecule has 0 saturated carbocycles. The van der Waals surface area contributed by atoms with Crippen LogP contribution in [0.1, 0.15) is 11.1 Å². The van der Waals surface area contributed by atoms with Crippen LogP contribution in [0, 0.1) is 0 Å². The minimum Gasteiger partial charge on any atom is -0.351 e. The molecule has 2 aromatic rings. The third-order valence-electron chi connectivity index (χ3n) is 3.31. The van der Waals surface area contributed by atoms with Gasteiger partial charge in [0, 0.05) is 15.7 Å². The smallest absolute Gasteiger partial charge is 0.319 e. The van der Waals surface area contributed by atoms with E-state index in [1.165, 1.54) is 5.56 Å². The summed E-state index contributed by atoms with van der Waals surface area (Å²) in [6.07, 6.45) is 0. The van der Waals surface area contributed by atoms with Crippen LogP contribution in [0.5, 0.6) is 0 Å². The summed E-state index contributed by atoms with van der Waals surface area (Å²) in [6.45, 7) is 0.472. The molecule has 2 amide bonds. The van der Waals surface area contributed by atoms with Crippen molar-refractivity contribution in [1.82, 2.24) is 0 Å². The summed E-state index contributed by atoms with van der Waals surface area (Å²) in [4.78, 5) is 14.4. The molecule has 2 N–H and O–H groups in total. The Morgan fingerprint density at radius 3 is 2.70 bits per heavy atom. The number of benzene rings is 2. The molecule has 0 aliphatic carbocycles. The van der Waals surface area contributed by atoms with Gasteiger partial charge in [0.15, 0.2) is 0 Å². The first-order chi connectivity index (χ1) is 9.65. The van der Waals surface area contributed by atoms with E-state index in [0.717, 1.165) is 21.9 Å². The van der Waals surface area contributed by atoms with E-state index >= 15 is 0 Å². The summed E-state index contributed by atoms with van der Waals surface area (Å²) in [5.74, 6) is 0.872. The van der Waals surface area contributed by atoms with Crippen molar-refractivity contribution < 1.29 is 4.79 Å². The highest BCUT2D eigenvalue weighted by atomic mass is 35.5. The van der Waals surface area contributed by atoms with Gasteiger partial charge in [0.1, 0.15) is 0 Å². The van der Waals surface area contributed by atoms with Crippen molar-refractivity contribution in [2.24, 2.45) is 5.73 Å². The van der Waals surface area contributed by atoms with Crippen LogP contribution >= 0.6 is 23.4 Å². The normalized spacial score (nSPS) is 13.9. The van der Waals surface area contributed by atoms with Gasteiger partial charge in [0.05, 0.1) is 12.2 Å². The molecule has 0 atom stereocenters. The molecule has 2 aromatic carbocycles. The first-order valence-electron chi connectivity index (χ1n) is 6.21. The molecule has 102 valence electrons. The minimum absolute atomic E-state index is 0.467. The van der Waals surface area contributed by atoms with Gasteiger partial charge in [-0.15, -0.1) is 11.8 Å². The van der Waals surface area contributed by atoms with Gasteiger partial charge < -0.3 is 5.73 Å². The van der Waals surface area contributed by atoms with Gasteiger partial charge in [-0.1, -0.05) is 35.9 Å². The van der Waals surface area contributed by atoms with Crippen molar-refractivity contribution in [3.8, 4) is 0 Å². The number of fused-ring (bicyclic) bond motifs is 2. The molecule has 0 saturated heterocycles. The van der Waals surface area contributed by atoms with Gasteiger partial charge in [0.25, 0.3) is 0 Å². The third-order valence-corrected chi connectivity index (χ3v) is 4.65. The van der Waals surface area contributed by atoms with Crippen LogP contribution < -0.4 is 10.6 Å². The zero-order chi connectivity index (χ0) is 14.1. The minimum atomic E-state index is -0.467. The standard InChI is InChI=1S/C15H13ClN2OS/c16-12-5-6-14-13(7-12)18(15(17)19)8-10-3-1-2-4-11(10)9-20-14/h1-7H,8-9H2,(H2,17,19). The van der Waals surface area contributed by atoms with Crippen molar-refractivity contribution in [2.45, 2.75) is 17.2 Å². The van der Waals surface area contributed by atoms with Crippen LogP contribution in [-0.2, 0) is 12.3 Å². The van der Waals surface area contributed by atoms with Gasteiger partial charge >= 0.3 is 6.03 Å². The fraction of sp³-hybridized carbons (Fsp3) is 0.133. The summed E-state index contributed by atoms with van der Waals surface area (Å²) in [5, 5.41) is 0.601.